The number of rotatable bonds is 2. The van der Waals surface area contributed by atoms with E-state index in [0.717, 1.165) is 16.7 Å². The molecule has 0 amide bonds. The first-order valence-corrected chi connectivity index (χ1v) is 10.1. The second kappa shape index (κ2) is 6.00. The van der Waals surface area contributed by atoms with Crippen LogP contribution in [0, 0.1) is 6.92 Å². The maximum absolute atomic E-state index is 9.42. The quantitative estimate of drug-likeness (QED) is 0.261. The van der Waals surface area contributed by atoms with Gasteiger partial charge >= 0.3 is 151 Å². The normalized spacial score (nSPS) is 14.2. The Morgan fingerprint density at radius 3 is 1.92 bits per heavy atom. The Kier molecular flexibility index (Phi) is 3.82. The van der Waals surface area contributed by atoms with Crippen molar-refractivity contribution in [2.75, 3.05) is 0 Å². The van der Waals surface area contributed by atoms with Crippen LogP contribution in [0.2, 0.25) is 0 Å². The molecule has 116 valence electrons. The predicted molar refractivity (Wildman–Crippen MR) is 98.1 cm³/mol. The number of hydrogen-bond donors (Lipinski definition) is 0. The van der Waals surface area contributed by atoms with Gasteiger partial charge in [0.25, 0.3) is 0 Å². The summed E-state index contributed by atoms with van der Waals surface area (Å²) in [5.41, 5.74) is 13.1. The van der Waals surface area contributed by atoms with Crippen molar-refractivity contribution in [3.05, 3.63) is 105 Å². The van der Waals surface area contributed by atoms with Crippen molar-refractivity contribution in [1.29, 1.82) is 0 Å². The van der Waals surface area contributed by atoms with Crippen molar-refractivity contribution in [3.8, 4) is 0 Å². The van der Waals surface area contributed by atoms with Gasteiger partial charge in [-0.15, -0.1) is 0 Å². The summed E-state index contributed by atoms with van der Waals surface area (Å²) < 4.78 is 2.68. The van der Waals surface area contributed by atoms with Gasteiger partial charge in [-0.3, -0.25) is 0 Å². The SMILES string of the molecule is Cc1ccc(C2(N=[N+]=[N-])c3ccccc3[Te]c3ccccc32)cc1. The molecule has 1 aliphatic rings. The van der Waals surface area contributed by atoms with Gasteiger partial charge in [0.1, 0.15) is 0 Å². The molecular formula is C20H15N3Te. The van der Waals surface area contributed by atoms with Gasteiger partial charge in [0.15, 0.2) is 0 Å². The van der Waals surface area contributed by atoms with Crippen LogP contribution in [0.5, 0.6) is 0 Å². The molecule has 24 heavy (non-hydrogen) atoms. The summed E-state index contributed by atoms with van der Waals surface area (Å²) in [5.74, 6) is 0. The Bertz CT molecular complexity index is 911. The molecule has 0 aliphatic carbocycles. The van der Waals surface area contributed by atoms with Crippen LogP contribution in [0.25, 0.3) is 10.4 Å². The Morgan fingerprint density at radius 2 is 1.38 bits per heavy atom. The van der Waals surface area contributed by atoms with E-state index >= 15 is 0 Å². The monoisotopic (exact) mass is 427 g/mol. The van der Waals surface area contributed by atoms with Crippen LogP contribution >= 0.6 is 0 Å². The van der Waals surface area contributed by atoms with Crippen molar-refractivity contribution in [1.82, 2.24) is 0 Å². The summed E-state index contributed by atoms with van der Waals surface area (Å²) in [4.78, 5) is 3.27. The molecule has 3 nitrogen and oxygen atoms in total. The molecule has 0 N–H and O–H groups in total. The van der Waals surface area contributed by atoms with Gasteiger partial charge in [0.05, 0.1) is 0 Å². The molecule has 0 atom stereocenters. The molecule has 3 aromatic carbocycles. The number of fused-ring (bicyclic) bond motifs is 2. The first kappa shape index (κ1) is 15.3. The molecule has 0 fully saturated rings. The average molecular weight is 425 g/mol. The van der Waals surface area contributed by atoms with E-state index in [1.807, 2.05) is 12.1 Å². The third-order valence-corrected chi connectivity index (χ3v) is 7.73. The number of aryl methyl sites for hydroxylation is 1. The second-order valence-electron chi connectivity index (χ2n) is 5.86. The fourth-order valence-corrected chi connectivity index (χ4v) is 6.68. The summed E-state index contributed by atoms with van der Waals surface area (Å²) in [7, 11) is 0. The molecule has 0 bridgehead atoms. The number of benzene rings is 3. The van der Waals surface area contributed by atoms with E-state index < -0.39 is 26.5 Å². The Morgan fingerprint density at radius 1 is 0.833 bits per heavy atom. The summed E-state index contributed by atoms with van der Waals surface area (Å²) in [6, 6.07) is 25.2. The van der Waals surface area contributed by atoms with Crippen molar-refractivity contribution < 1.29 is 0 Å². The molecule has 0 radical (unpaired) electrons. The minimum atomic E-state index is -0.779. The van der Waals surface area contributed by atoms with Crippen molar-refractivity contribution in [2.45, 2.75) is 12.5 Å². The molecule has 0 spiro atoms. The third kappa shape index (κ3) is 2.24. The van der Waals surface area contributed by atoms with E-state index in [9.17, 15) is 5.53 Å². The molecule has 1 heterocycles. The predicted octanol–water partition coefficient (Wildman–Crippen LogP) is 3.57. The fraction of sp³-hybridized carbons (Fsp3) is 0.100. The zero-order valence-electron chi connectivity index (χ0n) is 13.2. The van der Waals surface area contributed by atoms with Crippen LogP contribution < -0.4 is 7.22 Å². The molecule has 4 heteroatoms. The van der Waals surface area contributed by atoms with Crippen LogP contribution in [0.3, 0.4) is 0 Å². The van der Waals surface area contributed by atoms with E-state index in [4.69, 9.17) is 0 Å². The van der Waals surface area contributed by atoms with Gasteiger partial charge in [0, 0.05) is 0 Å². The van der Waals surface area contributed by atoms with Crippen LogP contribution in [0.15, 0.2) is 77.9 Å². The first-order chi connectivity index (χ1) is 11.8. The van der Waals surface area contributed by atoms with E-state index in [-0.39, 0.29) is 0 Å². The molecule has 0 aromatic heterocycles. The summed E-state index contributed by atoms with van der Waals surface area (Å²) in [6.45, 7) is 2.07. The summed E-state index contributed by atoms with van der Waals surface area (Å²) >= 11 is -0.485. The second-order valence-corrected chi connectivity index (χ2v) is 8.95. The van der Waals surface area contributed by atoms with Gasteiger partial charge in [-0.05, 0) is 0 Å². The summed E-state index contributed by atoms with van der Waals surface area (Å²) in [6.07, 6.45) is 0. The Hall–Kier alpha value is -2.24. The molecule has 0 saturated heterocycles. The van der Waals surface area contributed by atoms with E-state index in [0.29, 0.717) is 0 Å². The summed E-state index contributed by atoms with van der Waals surface area (Å²) in [5, 5.41) is 4.40. The van der Waals surface area contributed by atoms with Crippen LogP contribution in [-0.2, 0) is 5.54 Å². The van der Waals surface area contributed by atoms with E-state index in [1.165, 1.54) is 12.8 Å². The standard InChI is InChI=1S/C20H15N3Te/c1-14-10-12-15(13-11-14)20(22-23-21)16-6-2-4-8-18(16)24-19-9-5-3-7-17(19)20/h2-13H,1H3. The zero-order valence-corrected chi connectivity index (χ0v) is 15.5. The van der Waals surface area contributed by atoms with Gasteiger partial charge in [0.2, 0.25) is 0 Å². The van der Waals surface area contributed by atoms with Crippen LogP contribution in [0.1, 0.15) is 22.3 Å². The van der Waals surface area contributed by atoms with Crippen LogP contribution in [-0.4, -0.2) is 20.9 Å². The maximum atomic E-state index is 9.42. The number of azide groups is 1. The van der Waals surface area contributed by atoms with Gasteiger partial charge in [-0.1, -0.05) is 0 Å². The first-order valence-electron chi connectivity index (χ1n) is 7.76. The Labute approximate surface area is 151 Å². The van der Waals surface area contributed by atoms with Gasteiger partial charge in [-0.2, -0.15) is 0 Å². The van der Waals surface area contributed by atoms with Gasteiger partial charge < -0.3 is 0 Å². The minimum absolute atomic E-state index is 0.485. The zero-order chi connectivity index (χ0) is 16.6. The molecule has 0 unspecified atom stereocenters. The van der Waals surface area contributed by atoms with Crippen LogP contribution in [0.4, 0.5) is 0 Å². The number of nitrogens with zero attached hydrogens (tertiary/aromatic N) is 3. The number of hydrogen-bond acceptors (Lipinski definition) is 1. The third-order valence-electron chi connectivity index (χ3n) is 4.44. The molecule has 1 aliphatic heterocycles. The van der Waals surface area contributed by atoms with Gasteiger partial charge in [-0.25, -0.2) is 0 Å². The molecular weight excluding hydrogens is 410 g/mol. The van der Waals surface area contributed by atoms with Crippen molar-refractivity contribution >= 4 is 28.1 Å². The molecule has 3 aromatic rings. The topological polar surface area (TPSA) is 48.8 Å². The Balaban J connectivity index is 2.13. The van der Waals surface area contributed by atoms with Crippen molar-refractivity contribution in [2.24, 2.45) is 5.11 Å². The van der Waals surface area contributed by atoms with E-state index in [2.05, 4.69) is 77.6 Å². The van der Waals surface area contributed by atoms with E-state index in [1.54, 1.807) is 0 Å². The van der Waals surface area contributed by atoms with Crippen molar-refractivity contribution in [3.63, 3.8) is 0 Å². The molecule has 0 saturated carbocycles. The molecule has 4 rings (SSSR count). The average Bonchev–Trinajstić information content (AvgIpc) is 2.62. The fourth-order valence-electron chi connectivity index (χ4n) is 3.31.